The average molecular weight is 236 g/mol. The largest absolute Gasteiger partial charge is 0.308 e. The summed E-state index contributed by atoms with van der Waals surface area (Å²) in [5.74, 6) is 0.781. The Bertz CT molecular complexity index is 341. The number of allylic oxidation sites excluding steroid dienone is 1. The van der Waals surface area contributed by atoms with Crippen LogP contribution in [0, 0.1) is 0 Å². The second-order valence-corrected chi connectivity index (χ2v) is 5.53. The molecule has 0 spiro atoms. The molecular formula is C13H20N2S. The molecule has 1 aliphatic carbocycles. The van der Waals surface area contributed by atoms with Gasteiger partial charge in [-0.05, 0) is 32.6 Å². The van der Waals surface area contributed by atoms with E-state index in [1.54, 1.807) is 11.3 Å². The Morgan fingerprint density at radius 3 is 3.19 bits per heavy atom. The molecule has 0 aromatic carbocycles. The molecule has 1 atom stereocenters. The fraction of sp³-hybridized carbons (Fsp3) is 0.615. The highest BCUT2D eigenvalue weighted by Gasteiger charge is 2.25. The first kappa shape index (κ1) is 11.8. The molecule has 2 nitrogen and oxygen atoms in total. The lowest BCUT2D eigenvalue weighted by atomic mass is 10.2. The van der Waals surface area contributed by atoms with Crippen LogP contribution < -0.4 is 5.32 Å². The van der Waals surface area contributed by atoms with Gasteiger partial charge < -0.3 is 5.32 Å². The van der Waals surface area contributed by atoms with Crippen LogP contribution in [0.3, 0.4) is 0 Å². The highest BCUT2D eigenvalue weighted by Crippen LogP contribution is 2.40. The lowest BCUT2D eigenvalue weighted by Gasteiger charge is -2.10. The van der Waals surface area contributed by atoms with Gasteiger partial charge in [0, 0.05) is 23.9 Å². The van der Waals surface area contributed by atoms with Crippen LogP contribution in [0.2, 0.25) is 0 Å². The minimum absolute atomic E-state index is 0.547. The Kier molecular flexibility index (Phi) is 4.13. The van der Waals surface area contributed by atoms with Crippen molar-refractivity contribution in [1.29, 1.82) is 0 Å². The zero-order valence-corrected chi connectivity index (χ0v) is 10.7. The van der Waals surface area contributed by atoms with Crippen molar-refractivity contribution in [2.75, 3.05) is 0 Å². The van der Waals surface area contributed by atoms with Gasteiger partial charge in [-0.25, -0.2) is 4.98 Å². The molecule has 0 bridgehead atoms. The summed E-state index contributed by atoms with van der Waals surface area (Å²) in [6, 6.07) is 0.547. The first-order chi connectivity index (χ1) is 7.79. The number of hydrogen-bond donors (Lipinski definition) is 1. The molecular weight excluding hydrogens is 216 g/mol. The lowest BCUT2D eigenvalue weighted by Crippen LogP contribution is -2.25. The number of thiazole rings is 1. The fourth-order valence-corrected chi connectivity index (χ4v) is 2.53. The predicted octanol–water partition coefficient (Wildman–Crippen LogP) is 3.46. The third-order valence-electron chi connectivity index (χ3n) is 2.97. The van der Waals surface area contributed by atoms with Crippen LogP contribution in [0.15, 0.2) is 18.0 Å². The summed E-state index contributed by atoms with van der Waals surface area (Å²) in [7, 11) is 0. The van der Waals surface area contributed by atoms with Crippen molar-refractivity contribution in [3.8, 4) is 0 Å². The maximum Gasteiger partial charge on any atom is 0.107 e. The van der Waals surface area contributed by atoms with Crippen molar-refractivity contribution < 1.29 is 0 Å². The minimum Gasteiger partial charge on any atom is -0.308 e. The molecule has 1 aromatic heterocycles. The van der Waals surface area contributed by atoms with Crippen LogP contribution in [0.5, 0.6) is 0 Å². The SMILES string of the molecule is C=CCCC(C)NCc1nc(C2CC2)cs1. The molecule has 1 unspecified atom stereocenters. The van der Waals surface area contributed by atoms with Crippen molar-refractivity contribution in [3.63, 3.8) is 0 Å². The van der Waals surface area contributed by atoms with E-state index in [0.29, 0.717) is 6.04 Å². The van der Waals surface area contributed by atoms with Gasteiger partial charge in [0.05, 0.1) is 5.69 Å². The van der Waals surface area contributed by atoms with Gasteiger partial charge in [-0.3, -0.25) is 0 Å². The molecule has 1 aliphatic rings. The van der Waals surface area contributed by atoms with E-state index in [9.17, 15) is 0 Å². The summed E-state index contributed by atoms with van der Waals surface area (Å²) in [6.45, 7) is 6.88. The van der Waals surface area contributed by atoms with E-state index < -0.39 is 0 Å². The quantitative estimate of drug-likeness (QED) is 0.733. The van der Waals surface area contributed by atoms with Crippen molar-refractivity contribution in [3.05, 3.63) is 28.7 Å². The third kappa shape index (κ3) is 3.42. The number of nitrogens with one attached hydrogen (secondary N) is 1. The number of hydrogen-bond acceptors (Lipinski definition) is 3. The van der Waals surface area contributed by atoms with E-state index in [2.05, 4.69) is 29.2 Å². The molecule has 3 heteroatoms. The molecule has 1 N–H and O–H groups in total. The summed E-state index contributed by atoms with van der Waals surface area (Å²) < 4.78 is 0. The highest BCUT2D eigenvalue weighted by atomic mass is 32.1. The maximum absolute atomic E-state index is 4.66. The second-order valence-electron chi connectivity index (χ2n) is 4.59. The fourth-order valence-electron chi connectivity index (χ4n) is 1.70. The Labute approximate surface area is 102 Å². The second kappa shape index (κ2) is 5.60. The van der Waals surface area contributed by atoms with Gasteiger partial charge in [0.2, 0.25) is 0 Å². The Morgan fingerprint density at radius 2 is 2.50 bits per heavy atom. The smallest absolute Gasteiger partial charge is 0.107 e. The Balaban J connectivity index is 1.73. The van der Waals surface area contributed by atoms with Gasteiger partial charge >= 0.3 is 0 Å². The van der Waals surface area contributed by atoms with Gasteiger partial charge in [-0.2, -0.15) is 0 Å². The Hall–Kier alpha value is -0.670. The van der Waals surface area contributed by atoms with Crippen molar-refractivity contribution >= 4 is 11.3 Å². The van der Waals surface area contributed by atoms with E-state index in [4.69, 9.17) is 0 Å². The molecule has 1 saturated carbocycles. The molecule has 2 rings (SSSR count). The topological polar surface area (TPSA) is 24.9 Å². The summed E-state index contributed by atoms with van der Waals surface area (Å²) in [4.78, 5) is 4.66. The van der Waals surface area contributed by atoms with Crippen LogP contribution in [0.25, 0.3) is 0 Å². The molecule has 1 heterocycles. The monoisotopic (exact) mass is 236 g/mol. The van der Waals surface area contributed by atoms with Crippen LogP contribution in [-0.4, -0.2) is 11.0 Å². The van der Waals surface area contributed by atoms with Gasteiger partial charge in [0.1, 0.15) is 5.01 Å². The summed E-state index contributed by atoms with van der Waals surface area (Å²) in [5, 5.41) is 6.96. The van der Waals surface area contributed by atoms with E-state index >= 15 is 0 Å². The van der Waals surface area contributed by atoms with Crippen molar-refractivity contribution in [2.45, 2.75) is 51.1 Å². The average Bonchev–Trinajstić information content (AvgIpc) is 3.03. The summed E-state index contributed by atoms with van der Waals surface area (Å²) in [6.07, 6.45) is 6.90. The molecule has 1 aromatic rings. The van der Waals surface area contributed by atoms with E-state index in [1.807, 2.05) is 6.08 Å². The first-order valence-corrected chi connectivity index (χ1v) is 6.96. The molecule has 0 aliphatic heterocycles. The number of nitrogens with zero attached hydrogens (tertiary/aromatic N) is 1. The van der Waals surface area contributed by atoms with Gasteiger partial charge in [0.25, 0.3) is 0 Å². The zero-order valence-electron chi connectivity index (χ0n) is 9.91. The molecule has 0 saturated heterocycles. The van der Waals surface area contributed by atoms with Crippen LogP contribution in [-0.2, 0) is 6.54 Å². The van der Waals surface area contributed by atoms with Crippen LogP contribution >= 0.6 is 11.3 Å². The number of rotatable bonds is 7. The first-order valence-electron chi connectivity index (χ1n) is 6.08. The summed E-state index contributed by atoms with van der Waals surface area (Å²) in [5.41, 5.74) is 1.32. The van der Waals surface area contributed by atoms with Gasteiger partial charge in [-0.15, -0.1) is 17.9 Å². The van der Waals surface area contributed by atoms with Crippen LogP contribution in [0.1, 0.15) is 49.2 Å². The summed E-state index contributed by atoms with van der Waals surface area (Å²) >= 11 is 1.79. The molecule has 88 valence electrons. The minimum atomic E-state index is 0.547. The maximum atomic E-state index is 4.66. The highest BCUT2D eigenvalue weighted by molar-refractivity contribution is 7.09. The molecule has 16 heavy (non-hydrogen) atoms. The molecule has 1 fully saturated rings. The van der Waals surface area contributed by atoms with E-state index in [-0.39, 0.29) is 0 Å². The van der Waals surface area contributed by atoms with Gasteiger partial charge in [0.15, 0.2) is 0 Å². The lowest BCUT2D eigenvalue weighted by molar-refractivity contribution is 0.517. The number of aromatic nitrogens is 1. The van der Waals surface area contributed by atoms with Gasteiger partial charge in [-0.1, -0.05) is 6.08 Å². The van der Waals surface area contributed by atoms with Crippen molar-refractivity contribution in [2.24, 2.45) is 0 Å². The molecule has 0 amide bonds. The normalized spacial score (nSPS) is 17.3. The Morgan fingerprint density at radius 1 is 1.69 bits per heavy atom. The van der Waals surface area contributed by atoms with E-state index in [1.165, 1.54) is 23.5 Å². The third-order valence-corrected chi connectivity index (χ3v) is 3.84. The van der Waals surface area contributed by atoms with Crippen LogP contribution in [0.4, 0.5) is 0 Å². The van der Waals surface area contributed by atoms with E-state index in [0.717, 1.165) is 25.3 Å². The molecule has 0 radical (unpaired) electrons. The predicted molar refractivity (Wildman–Crippen MR) is 69.8 cm³/mol. The van der Waals surface area contributed by atoms with Crippen molar-refractivity contribution in [1.82, 2.24) is 10.3 Å². The zero-order chi connectivity index (χ0) is 11.4. The standard InChI is InChI=1S/C13H20N2S/c1-3-4-5-10(2)14-8-13-15-12(9-16-13)11-6-7-11/h3,9-11,14H,1,4-8H2,2H3.